The zero-order valence-electron chi connectivity index (χ0n) is 16.8. The molecular weight excluding hydrogens is 456 g/mol. The first-order valence-corrected chi connectivity index (χ1v) is 12.8. The Labute approximate surface area is 190 Å². The van der Waals surface area contributed by atoms with Crippen LogP contribution in [0.25, 0.3) is 10.2 Å². The molecule has 1 aromatic heterocycles. The SMILES string of the molecule is O=C(CS(=O)(=O)c1ccc(Cl)cc1)NCCN1CCN(c2nc3ccccc3s2)CC1. The molecule has 1 amide bonds. The summed E-state index contributed by atoms with van der Waals surface area (Å²) in [5.74, 6) is -1.07. The number of piperazine rings is 1. The van der Waals surface area contributed by atoms with Crippen LogP contribution in [0.2, 0.25) is 5.02 Å². The van der Waals surface area contributed by atoms with Gasteiger partial charge in [0, 0.05) is 44.3 Å². The zero-order valence-corrected chi connectivity index (χ0v) is 19.2. The molecule has 0 saturated carbocycles. The van der Waals surface area contributed by atoms with Gasteiger partial charge in [-0.15, -0.1) is 0 Å². The number of benzene rings is 2. The number of nitrogens with zero attached hydrogens (tertiary/aromatic N) is 3. The van der Waals surface area contributed by atoms with Gasteiger partial charge >= 0.3 is 0 Å². The van der Waals surface area contributed by atoms with Gasteiger partial charge in [-0.25, -0.2) is 13.4 Å². The largest absolute Gasteiger partial charge is 0.354 e. The predicted octanol–water partition coefficient (Wildman–Crippen LogP) is 2.66. The molecule has 10 heteroatoms. The summed E-state index contributed by atoms with van der Waals surface area (Å²) in [5.41, 5.74) is 1.03. The van der Waals surface area contributed by atoms with Crippen molar-refractivity contribution < 1.29 is 13.2 Å². The second-order valence-electron chi connectivity index (χ2n) is 7.36. The van der Waals surface area contributed by atoms with Crippen molar-refractivity contribution >= 4 is 54.0 Å². The number of sulfone groups is 1. The number of halogens is 1. The van der Waals surface area contributed by atoms with Gasteiger partial charge in [-0.3, -0.25) is 9.69 Å². The molecule has 1 aliphatic rings. The van der Waals surface area contributed by atoms with Crippen molar-refractivity contribution in [3.8, 4) is 0 Å². The monoisotopic (exact) mass is 478 g/mol. The quantitative estimate of drug-likeness (QED) is 0.562. The molecular formula is C21H23ClN4O3S2. The summed E-state index contributed by atoms with van der Waals surface area (Å²) in [7, 11) is -3.68. The van der Waals surface area contributed by atoms with E-state index in [4.69, 9.17) is 16.6 Å². The number of fused-ring (bicyclic) bond motifs is 1. The molecule has 31 heavy (non-hydrogen) atoms. The molecule has 164 valence electrons. The van der Waals surface area contributed by atoms with E-state index in [1.54, 1.807) is 11.3 Å². The van der Waals surface area contributed by atoms with Crippen LogP contribution in [0.15, 0.2) is 53.4 Å². The fourth-order valence-electron chi connectivity index (χ4n) is 3.46. The number of hydrogen-bond acceptors (Lipinski definition) is 7. The van der Waals surface area contributed by atoms with E-state index >= 15 is 0 Å². The second-order valence-corrected chi connectivity index (χ2v) is 10.8. The molecule has 2 heterocycles. The number of aromatic nitrogens is 1. The first kappa shape index (κ1) is 22.0. The second kappa shape index (κ2) is 9.52. The van der Waals surface area contributed by atoms with Crippen molar-refractivity contribution in [3.05, 3.63) is 53.6 Å². The van der Waals surface area contributed by atoms with Crippen LogP contribution in [0.4, 0.5) is 5.13 Å². The molecule has 0 bridgehead atoms. The fraction of sp³-hybridized carbons (Fsp3) is 0.333. The molecule has 1 N–H and O–H groups in total. The summed E-state index contributed by atoms with van der Waals surface area (Å²) >= 11 is 7.49. The Bertz CT molecular complexity index is 1120. The van der Waals surface area contributed by atoms with Crippen molar-refractivity contribution in [1.82, 2.24) is 15.2 Å². The van der Waals surface area contributed by atoms with Crippen LogP contribution >= 0.6 is 22.9 Å². The highest BCUT2D eigenvalue weighted by molar-refractivity contribution is 7.92. The Hall–Kier alpha value is -2.20. The molecule has 1 aliphatic heterocycles. The molecule has 4 rings (SSSR count). The van der Waals surface area contributed by atoms with Crippen LogP contribution in [0.1, 0.15) is 0 Å². The van der Waals surface area contributed by atoms with Crippen molar-refractivity contribution in [3.63, 3.8) is 0 Å². The van der Waals surface area contributed by atoms with Crippen LogP contribution in [-0.2, 0) is 14.6 Å². The first-order valence-electron chi connectivity index (χ1n) is 9.99. The van der Waals surface area contributed by atoms with Crippen molar-refractivity contribution in [2.75, 3.05) is 49.9 Å². The maximum Gasteiger partial charge on any atom is 0.235 e. The number of hydrogen-bond donors (Lipinski definition) is 1. The minimum absolute atomic E-state index is 0.0954. The van der Waals surface area contributed by atoms with Gasteiger partial charge in [-0.05, 0) is 36.4 Å². The highest BCUT2D eigenvalue weighted by Gasteiger charge is 2.21. The number of anilines is 1. The van der Waals surface area contributed by atoms with Crippen LogP contribution in [-0.4, -0.2) is 69.2 Å². The molecule has 1 fully saturated rings. The zero-order chi connectivity index (χ0) is 21.8. The lowest BCUT2D eigenvalue weighted by atomic mass is 10.3. The smallest absolute Gasteiger partial charge is 0.235 e. The van der Waals surface area contributed by atoms with Crippen LogP contribution in [0.3, 0.4) is 0 Å². The molecule has 0 aliphatic carbocycles. The number of carbonyl (C=O) groups is 1. The summed E-state index contributed by atoms with van der Waals surface area (Å²) in [5, 5.41) is 4.21. The molecule has 0 spiro atoms. The molecule has 0 atom stereocenters. The Morgan fingerprint density at radius 3 is 2.48 bits per heavy atom. The first-order chi connectivity index (χ1) is 14.9. The third-order valence-electron chi connectivity index (χ3n) is 5.17. The Balaban J connectivity index is 1.21. The molecule has 7 nitrogen and oxygen atoms in total. The predicted molar refractivity (Wildman–Crippen MR) is 125 cm³/mol. The van der Waals surface area contributed by atoms with Gasteiger partial charge < -0.3 is 10.2 Å². The van der Waals surface area contributed by atoms with Gasteiger partial charge in [0.05, 0.1) is 15.1 Å². The Kier molecular flexibility index (Phi) is 6.76. The van der Waals surface area contributed by atoms with Crippen LogP contribution in [0.5, 0.6) is 0 Å². The summed E-state index contributed by atoms with van der Waals surface area (Å²) in [6.45, 7) is 4.58. The summed E-state index contributed by atoms with van der Waals surface area (Å²) < 4.78 is 25.8. The minimum atomic E-state index is -3.68. The van der Waals surface area contributed by atoms with Crippen LogP contribution < -0.4 is 10.2 Å². The maximum atomic E-state index is 12.3. The molecule has 0 radical (unpaired) electrons. The Morgan fingerprint density at radius 2 is 1.77 bits per heavy atom. The van der Waals surface area contributed by atoms with Gasteiger partial charge in [0.25, 0.3) is 0 Å². The van der Waals surface area contributed by atoms with E-state index in [9.17, 15) is 13.2 Å². The number of carbonyl (C=O) groups excluding carboxylic acids is 1. The third kappa shape index (κ3) is 5.54. The average molecular weight is 479 g/mol. The number of rotatable bonds is 7. The number of amides is 1. The van der Waals surface area contributed by atoms with E-state index in [0.29, 0.717) is 18.1 Å². The Morgan fingerprint density at radius 1 is 1.06 bits per heavy atom. The summed E-state index contributed by atoms with van der Waals surface area (Å²) in [6.07, 6.45) is 0. The standard InChI is InChI=1S/C21H23ClN4O3S2/c22-16-5-7-17(8-6-16)31(28,29)15-20(27)23-9-10-25-11-13-26(14-12-25)21-24-18-3-1-2-4-19(18)30-21/h1-8H,9-15H2,(H,23,27). The molecule has 1 saturated heterocycles. The molecule has 0 unspecified atom stereocenters. The topological polar surface area (TPSA) is 82.6 Å². The lowest BCUT2D eigenvalue weighted by molar-refractivity contribution is -0.118. The number of thiazole rings is 1. The maximum absolute atomic E-state index is 12.3. The molecule has 2 aromatic carbocycles. The van der Waals surface area contributed by atoms with Gasteiger partial charge in [0.15, 0.2) is 15.0 Å². The molecule has 3 aromatic rings. The van der Waals surface area contributed by atoms with Gasteiger partial charge in [0.1, 0.15) is 5.75 Å². The van der Waals surface area contributed by atoms with E-state index < -0.39 is 21.5 Å². The van der Waals surface area contributed by atoms with Crippen molar-refractivity contribution in [1.29, 1.82) is 0 Å². The normalized spacial score (nSPS) is 15.3. The summed E-state index contributed by atoms with van der Waals surface area (Å²) in [4.78, 5) is 21.5. The fourth-order valence-corrected chi connectivity index (χ4v) is 5.77. The minimum Gasteiger partial charge on any atom is -0.354 e. The van der Waals surface area contributed by atoms with Crippen molar-refractivity contribution in [2.45, 2.75) is 4.90 Å². The van der Waals surface area contributed by atoms with Gasteiger partial charge in [0.2, 0.25) is 5.91 Å². The van der Waals surface area contributed by atoms with E-state index in [0.717, 1.165) is 36.8 Å². The van der Waals surface area contributed by atoms with E-state index in [1.165, 1.54) is 29.0 Å². The van der Waals surface area contributed by atoms with Crippen LogP contribution in [0, 0.1) is 0 Å². The average Bonchev–Trinajstić information content (AvgIpc) is 3.18. The number of para-hydroxylation sites is 1. The van der Waals surface area contributed by atoms with E-state index in [1.807, 2.05) is 18.2 Å². The number of nitrogens with one attached hydrogen (secondary N) is 1. The highest BCUT2D eigenvalue weighted by Crippen LogP contribution is 2.29. The third-order valence-corrected chi connectivity index (χ3v) is 8.15. The lowest BCUT2D eigenvalue weighted by Gasteiger charge is -2.34. The van der Waals surface area contributed by atoms with Crippen molar-refractivity contribution in [2.24, 2.45) is 0 Å². The van der Waals surface area contributed by atoms with Gasteiger partial charge in [-0.2, -0.15) is 0 Å². The highest BCUT2D eigenvalue weighted by atomic mass is 35.5. The summed E-state index contributed by atoms with van der Waals surface area (Å²) in [6, 6.07) is 14.0. The van der Waals surface area contributed by atoms with E-state index in [2.05, 4.69) is 21.2 Å². The lowest BCUT2D eigenvalue weighted by Crippen LogP contribution is -2.48. The van der Waals surface area contributed by atoms with Gasteiger partial charge in [-0.1, -0.05) is 35.1 Å². The van der Waals surface area contributed by atoms with E-state index in [-0.39, 0.29) is 4.90 Å².